The second-order valence-electron chi connectivity index (χ2n) is 6.72. The highest BCUT2D eigenvalue weighted by atomic mass is 19.4. The molecular weight excluding hydrogens is 415 g/mol. The van der Waals surface area contributed by atoms with E-state index >= 15 is 0 Å². The number of rotatable bonds is 4. The molecule has 1 aromatic heterocycles. The molecule has 2 heterocycles. The number of carbonyl (C=O) groups is 3. The number of carbonyl (C=O) groups excluding carboxylic acids is 3. The van der Waals surface area contributed by atoms with Crippen molar-refractivity contribution in [3.05, 3.63) is 72.0 Å². The minimum Gasteiger partial charge on any atom is -0.449 e. The van der Waals surface area contributed by atoms with E-state index in [0.29, 0.717) is 0 Å². The van der Waals surface area contributed by atoms with Gasteiger partial charge < -0.3 is 9.15 Å². The van der Waals surface area contributed by atoms with Crippen LogP contribution in [0.3, 0.4) is 0 Å². The lowest BCUT2D eigenvalue weighted by atomic mass is 10.1. The molecule has 1 fully saturated rings. The molecule has 0 unspecified atom stereocenters. The van der Waals surface area contributed by atoms with Crippen LogP contribution in [0.25, 0.3) is 11.3 Å². The van der Waals surface area contributed by atoms with E-state index in [0.717, 1.165) is 17.0 Å². The molecule has 0 radical (unpaired) electrons. The van der Waals surface area contributed by atoms with Crippen molar-refractivity contribution in [3.8, 4) is 17.1 Å². The molecule has 3 aromatic rings. The van der Waals surface area contributed by atoms with Gasteiger partial charge >= 0.3 is 12.1 Å². The third-order valence-electron chi connectivity index (χ3n) is 4.64. The lowest BCUT2D eigenvalue weighted by Crippen LogP contribution is -2.29. The van der Waals surface area contributed by atoms with Gasteiger partial charge in [0.05, 0.1) is 11.3 Å². The van der Waals surface area contributed by atoms with E-state index in [2.05, 4.69) is 0 Å². The molecule has 0 aliphatic carbocycles. The Bertz CT molecular complexity index is 1170. The first-order valence-corrected chi connectivity index (χ1v) is 9.18. The third kappa shape index (κ3) is 4.07. The first kappa shape index (κ1) is 20.4. The van der Waals surface area contributed by atoms with Crippen molar-refractivity contribution in [2.24, 2.45) is 0 Å². The van der Waals surface area contributed by atoms with E-state index in [9.17, 15) is 27.6 Å². The summed E-state index contributed by atoms with van der Waals surface area (Å²) < 4.78 is 49.5. The molecule has 1 aliphatic rings. The monoisotopic (exact) mass is 429 g/mol. The fraction of sp³-hybridized carbons (Fsp3) is 0.136. The highest BCUT2D eigenvalue weighted by Gasteiger charge is 2.33. The van der Waals surface area contributed by atoms with Gasteiger partial charge in [0.1, 0.15) is 5.76 Å². The summed E-state index contributed by atoms with van der Waals surface area (Å²) in [7, 11) is 0. The molecule has 6 nitrogen and oxygen atoms in total. The number of para-hydroxylation sites is 2. The summed E-state index contributed by atoms with van der Waals surface area (Å²) in [6.07, 6.45) is -4.38. The van der Waals surface area contributed by atoms with Gasteiger partial charge in [-0.1, -0.05) is 24.3 Å². The number of imide groups is 1. The molecule has 31 heavy (non-hydrogen) atoms. The van der Waals surface area contributed by atoms with Crippen LogP contribution >= 0.6 is 0 Å². The van der Waals surface area contributed by atoms with Gasteiger partial charge in [-0.15, -0.1) is 0 Å². The largest absolute Gasteiger partial charge is 0.449 e. The topological polar surface area (TPSA) is 76.8 Å². The molecule has 1 saturated heterocycles. The van der Waals surface area contributed by atoms with Crippen molar-refractivity contribution in [1.82, 2.24) is 0 Å². The minimum atomic E-state index is -4.52. The Morgan fingerprint density at radius 2 is 1.65 bits per heavy atom. The molecule has 0 spiro atoms. The van der Waals surface area contributed by atoms with Crippen molar-refractivity contribution in [2.75, 3.05) is 4.90 Å². The van der Waals surface area contributed by atoms with Crippen LogP contribution in [0.4, 0.5) is 18.9 Å². The van der Waals surface area contributed by atoms with Crippen LogP contribution in [0.5, 0.6) is 5.75 Å². The van der Waals surface area contributed by atoms with Gasteiger partial charge in [-0.25, -0.2) is 9.69 Å². The summed E-state index contributed by atoms with van der Waals surface area (Å²) in [5.74, 6) is -1.95. The van der Waals surface area contributed by atoms with Crippen LogP contribution in [0.1, 0.15) is 29.0 Å². The average molecular weight is 429 g/mol. The van der Waals surface area contributed by atoms with E-state index in [-0.39, 0.29) is 41.4 Å². The van der Waals surface area contributed by atoms with Gasteiger partial charge in [-0.3, -0.25) is 9.59 Å². The van der Waals surface area contributed by atoms with E-state index in [4.69, 9.17) is 9.15 Å². The summed E-state index contributed by atoms with van der Waals surface area (Å²) in [6, 6.07) is 13.2. The molecule has 2 amide bonds. The fourth-order valence-electron chi connectivity index (χ4n) is 3.18. The Morgan fingerprint density at radius 1 is 0.935 bits per heavy atom. The maximum atomic E-state index is 12.9. The van der Waals surface area contributed by atoms with Gasteiger partial charge in [-0.05, 0) is 36.4 Å². The highest BCUT2D eigenvalue weighted by molar-refractivity contribution is 6.20. The van der Waals surface area contributed by atoms with E-state index in [1.54, 1.807) is 12.1 Å². The number of alkyl halides is 3. The zero-order chi connectivity index (χ0) is 22.2. The van der Waals surface area contributed by atoms with Crippen molar-refractivity contribution in [3.63, 3.8) is 0 Å². The Kier molecular flexibility index (Phi) is 5.10. The number of anilines is 1. The maximum Gasteiger partial charge on any atom is 0.416 e. The normalized spacial score (nSPS) is 14.2. The predicted octanol–water partition coefficient (Wildman–Crippen LogP) is 4.84. The zero-order valence-electron chi connectivity index (χ0n) is 15.8. The molecule has 4 rings (SSSR count). The number of hydrogen-bond acceptors (Lipinski definition) is 5. The number of benzene rings is 2. The molecule has 0 bridgehead atoms. The molecule has 1 aliphatic heterocycles. The molecule has 0 saturated carbocycles. The van der Waals surface area contributed by atoms with Crippen molar-refractivity contribution < 1.29 is 36.7 Å². The fourth-order valence-corrected chi connectivity index (χ4v) is 3.18. The summed E-state index contributed by atoms with van der Waals surface area (Å²) in [4.78, 5) is 37.5. The van der Waals surface area contributed by atoms with Crippen molar-refractivity contribution in [1.29, 1.82) is 0 Å². The van der Waals surface area contributed by atoms with Crippen molar-refractivity contribution >= 4 is 23.5 Å². The Labute approximate surface area is 173 Å². The van der Waals surface area contributed by atoms with Gasteiger partial charge in [0, 0.05) is 18.4 Å². The Balaban J connectivity index is 1.58. The van der Waals surface area contributed by atoms with Crippen LogP contribution in [0.2, 0.25) is 0 Å². The molecule has 0 atom stereocenters. The molecule has 9 heteroatoms. The van der Waals surface area contributed by atoms with Gasteiger partial charge in [-0.2, -0.15) is 13.2 Å². The van der Waals surface area contributed by atoms with Gasteiger partial charge in [0.15, 0.2) is 5.75 Å². The summed E-state index contributed by atoms with van der Waals surface area (Å²) >= 11 is 0. The van der Waals surface area contributed by atoms with Crippen LogP contribution in [-0.4, -0.2) is 17.8 Å². The lowest BCUT2D eigenvalue weighted by Gasteiger charge is -2.17. The van der Waals surface area contributed by atoms with Gasteiger partial charge in [0.25, 0.3) is 0 Å². The Morgan fingerprint density at radius 3 is 2.35 bits per heavy atom. The van der Waals surface area contributed by atoms with Crippen LogP contribution in [0.15, 0.2) is 65.1 Å². The smallest absolute Gasteiger partial charge is 0.416 e. The predicted molar refractivity (Wildman–Crippen MR) is 102 cm³/mol. The zero-order valence-corrected chi connectivity index (χ0v) is 15.8. The quantitative estimate of drug-likeness (QED) is 0.337. The van der Waals surface area contributed by atoms with Crippen LogP contribution < -0.4 is 9.64 Å². The lowest BCUT2D eigenvalue weighted by molar-refractivity contribution is -0.137. The standard InChI is InChI=1S/C22H14F3NO5/c23-22(24,25)14-5-3-4-13(12-14)16-8-9-18(30-16)21(29)31-17-7-2-1-6-15(17)26-19(27)10-11-20(26)28/h1-9,12H,10-11H2. The number of hydrogen-bond donors (Lipinski definition) is 0. The summed E-state index contributed by atoms with van der Waals surface area (Å²) in [5.41, 5.74) is -0.574. The van der Waals surface area contributed by atoms with Crippen LogP contribution in [0, 0.1) is 0 Å². The number of furan rings is 1. The molecular formula is C22H14F3NO5. The van der Waals surface area contributed by atoms with E-state index in [1.807, 2.05) is 0 Å². The maximum absolute atomic E-state index is 12.9. The molecule has 2 aromatic carbocycles. The summed E-state index contributed by atoms with van der Waals surface area (Å²) in [5, 5.41) is 0. The number of esters is 1. The first-order chi connectivity index (χ1) is 14.7. The highest BCUT2D eigenvalue weighted by Crippen LogP contribution is 2.34. The van der Waals surface area contributed by atoms with Crippen LogP contribution in [-0.2, 0) is 15.8 Å². The molecule has 0 N–H and O–H groups in total. The average Bonchev–Trinajstić information content (AvgIpc) is 3.35. The number of nitrogens with zero attached hydrogens (tertiary/aromatic N) is 1. The molecule has 158 valence electrons. The SMILES string of the molecule is O=C(Oc1ccccc1N1C(=O)CCC1=O)c1ccc(-c2cccc(C(F)(F)F)c2)o1. The number of ether oxygens (including phenoxy) is 1. The van der Waals surface area contributed by atoms with Gasteiger partial charge in [0.2, 0.25) is 17.6 Å². The third-order valence-corrected chi connectivity index (χ3v) is 4.64. The minimum absolute atomic E-state index is 0.0203. The van der Waals surface area contributed by atoms with Crippen molar-refractivity contribution in [2.45, 2.75) is 19.0 Å². The number of halogens is 3. The van der Waals surface area contributed by atoms with E-state index < -0.39 is 29.5 Å². The first-order valence-electron chi connectivity index (χ1n) is 9.18. The second-order valence-corrected chi connectivity index (χ2v) is 6.72. The van der Waals surface area contributed by atoms with E-state index in [1.165, 1.54) is 36.4 Å². The number of amides is 2. The Hall–Kier alpha value is -3.88. The second kappa shape index (κ2) is 7.75. The summed E-state index contributed by atoms with van der Waals surface area (Å²) in [6.45, 7) is 0.